The number of imidazole rings is 1. The summed E-state index contributed by atoms with van der Waals surface area (Å²) in [5.41, 5.74) is 2.13. The number of fused-ring (bicyclic) bond motifs is 2. The molecule has 0 radical (unpaired) electrons. The van der Waals surface area contributed by atoms with Crippen LogP contribution in [-0.4, -0.2) is 58.4 Å². The standard InChI is InChI=1S/C23H27N7O3/c1-23(2,3)33-22(32)28-10-7-8-15(14-28)30-20-18(27(4)21(30)31)13-24-19(26-20)16-12-25-29-11-6-5-9-17(16)29/h5-6,9,11-13,15H,7-8,10,14H2,1-4H3. The molecule has 5 rings (SSSR count). The van der Waals surface area contributed by atoms with Crippen molar-refractivity contribution in [3.05, 3.63) is 47.3 Å². The summed E-state index contributed by atoms with van der Waals surface area (Å²) in [7, 11) is 1.72. The van der Waals surface area contributed by atoms with E-state index in [1.807, 2.05) is 45.2 Å². The zero-order valence-corrected chi connectivity index (χ0v) is 19.2. The SMILES string of the molecule is Cn1c(=O)n(C2CCCN(C(=O)OC(C)(C)C)C2)c2nc(-c3cnn4ccccc34)ncc21. The maximum atomic E-state index is 13.2. The average molecular weight is 450 g/mol. The molecule has 1 aliphatic heterocycles. The molecule has 4 aromatic rings. The number of amides is 1. The van der Waals surface area contributed by atoms with Crippen molar-refractivity contribution in [1.82, 2.24) is 33.6 Å². The first-order chi connectivity index (χ1) is 15.7. The summed E-state index contributed by atoms with van der Waals surface area (Å²) in [6.45, 7) is 6.54. The molecule has 1 aliphatic rings. The number of carbonyl (C=O) groups excluding carboxylic acids is 1. The van der Waals surface area contributed by atoms with Crippen LogP contribution in [0.25, 0.3) is 28.1 Å². The van der Waals surface area contributed by atoms with E-state index in [0.717, 1.165) is 23.9 Å². The predicted molar refractivity (Wildman–Crippen MR) is 123 cm³/mol. The fourth-order valence-electron chi connectivity index (χ4n) is 4.36. The number of nitrogens with zero attached hydrogens (tertiary/aromatic N) is 7. The maximum absolute atomic E-state index is 13.2. The van der Waals surface area contributed by atoms with Crippen molar-refractivity contribution in [2.75, 3.05) is 13.1 Å². The number of hydrogen-bond donors (Lipinski definition) is 0. The molecular formula is C23H27N7O3. The summed E-state index contributed by atoms with van der Waals surface area (Å²) in [4.78, 5) is 36.9. The van der Waals surface area contributed by atoms with E-state index in [4.69, 9.17) is 9.72 Å². The van der Waals surface area contributed by atoms with E-state index in [1.54, 1.807) is 38.0 Å². The minimum absolute atomic E-state index is 0.174. The molecule has 1 amide bonds. The highest BCUT2D eigenvalue weighted by atomic mass is 16.6. The van der Waals surface area contributed by atoms with Gasteiger partial charge in [0.1, 0.15) is 11.1 Å². The molecule has 1 fully saturated rings. The number of hydrogen-bond acceptors (Lipinski definition) is 6. The second-order valence-electron chi connectivity index (χ2n) is 9.43. The van der Waals surface area contributed by atoms with Crippen LogP contribution in [0.1, 0.15) is 39.7 Å². The topological polar surface area (TPSA) is 99.5 Å². The van der Waals surface area contributed by atoms with Gasteiger partial charge in [-0.15, -0.1) is 0 Å². The van der Waals surface area contributed by atoms with Gasteiger partial charge in [-0.05, 0) is 45.7 Å². The third-order valence-electron chi connectivity index (χ3n) is 5.91. The number of ether oxygens (including phenoxy) is 1. The second kappa shape index (κ2) is 7.72. The molecule has 10 nitrogen and oxygen atoms in total. The van der Waals surface area contributed by atoms with Crippen molar-refractivity contribution in [2.24, 2.45) is 7.05 Å². The molecule has 172 valence electrons. The molecule has 1 saturated heterocycles. The fourth-order valence-corrected chi connectivity index (χ4v) is 4.36. The van der Waals surface area contributed by atoms with Crippen LogP contribution in [0.15, 0.2) is 41.6 Å². The highest BCUT2D eigenvalue weighted by molar-refractivity contribution is 5.79. The summed E-state index contributed by atoms with van der Waals surface area (Å²) in [6.07, 6.45) is 6.46. The van der Waals surface area contributed by atoms with Gasteiger partial charge in [0, 0.05) is 26.3 Å². The number of carbonyl (C=O) groups is 1. The number of aromatic nitrogens is 6. The van der Waals surface area contributed by atoms with Crippen LogP contribution in [0.3, 0.4) is 0 Å². The Bertz CT molecular complexity index is 1410. The minimum atomic E-state index is -0.573. The first-order valence-corrected chi connectivity index (χ1v) is 11.1. The third kappa shape index (κ3) is 3.75. The van der Waals surface area contributed by atoms with Crippen LogP contribution >= 0.6 is 0 Å². The molecule has 5 heterocycles. The maximum Gasteiger partial charge on any atom is 0.410 e. The zero-order chi connectivity index (χ0) is 23.3. The van der Waals surface area contributed by atoms with E-state index in [2.05, 4.69) is 10.1 Å². The number of pyridine rings is 1. The summed E-state index contributed by atoms with van der Waals surface area (Å²) >= 11 is 0. The van der Waals surface area contributed by atoms with Gasteiger partial charge in [0.2, 0.25) is 0 Å². The summed E-state index contributed by atoms with van der Waals surface area (Å²) in [6, 6.07) is 5.59. The first-order valence-electron chi connectivity index (χ1n) is 11.1. The van der Waals surface area contributed by atoms with Crippen LogP contribution in [0.2, 0.25) is 0 Å². The highest BCUT2D eigenvalue weighted by Gasteiger charge is 2.31. The Kier molecular flexibility index (Phi) is 4.95. The molecule has 1 unspecified atom stereocenters. The molecule has 0 spiro atoms. The molecule has 0 bridgehead atoms. The van der Waals surface area contributed by atoms with Crippen LogP contribution in [0, 0.1) is 0 Å². The first kappa shape index (κ1) is 21.2. The van der Waals surface area contributed by atoms with Crippen molar-refractivity contribution in [3.8, 4) is 11.4 Å². The van der Waals surface area contributed by atoms with Crippen molar-refractivity contribution in [2.45, 2.75) is 45.3 Å². The Balaban J connectivity index is 1.55. The lowest BCUT2D eigenvalue weighted by Gasteiger charge is -2.34. The van der Waals surface area contributed by atoms with Gasteiger partial charge in [-0.25, -0.2) is 24.1 Å². The number of aryl methyl sites for hydroxylation is 1. The molecule has 10 heteroatoms. The Morgan fingerprint density at radius 3 is 2.79 bits per heavy atom. The molecule has 1 atom stereocenters. The molecular weight excluding hydrogens is 422 g/mol. The van der Waals surface area contributed by atoms with E-state index >= 15 is 0 Å². The molecule has 0 aliphatic carbocycles. The summed E-state index contributed by atoms with van der Waals surface area (Å²) in [5, 5.41) is 4.37. The predicted octanol–water partition coefficient (Wildman–Crippen LogP) is 3.02. The van der Waals surface area contributed by atoms with E-state index < -0.39 is 5.60 Å². The lowest BCUT2D eigenvalue weighted by molar-refractivity contribution is 0.0172. The Morgan fingerprint density at radius 2 is 2.00 bits per heavy atom. The zero-order valence-electron chi connectivity index (χ0n) is 19.2. The normalized spacial score (nSPS) is 17.1. The van der Waals surface area contributed by atoms with Gasteiger partial charge in [-0.3, -0.25) is 9.13 Å². The third-order valence-corrected chi connectivity index (χ3v) is 5.91. The molecule has 0 N–H and O–H groups in total. The van der Waals surface area contributed by atoms with Gasteiger partial charge in [0.25, 0.3) is 0 Å². The van der Waals surface area contributed by atoms with Gasteiger partial charge in [0.05, 0.1) is 29.5 Å². The summed E-state index contributed by atoms with van der Waals surface area (Å²) < 4.78 is 10.6. The van der Waals surface area contributed by atoms with Crippen LogP contribution in [0.4, 0.5) is 4.79 Å². The van der Waals surface area contributed by atoms with Crippen LogP contribution in [-0.2, 0) is 11.8 Å². The van der Waals surface area contributed by atoms with Crippen LogP contribution < -0.4 is 5.69 Å². The van der Waals surface area contributed by atoms with Gasteiger partial charge in [0.15, 0.2) is 11.5 Å². The monoisotopic (exact) mass is 449 g/mol. The van der Waals surface area contributed by atoms with Gasteiger partial charge >= 0.3 is 11.8 Å². The largest absolute Gasteiger partial charge is 0.444 e. The number of likely N-dealkylation sites (tertiary alicyclic amines) is 1. The van der Waals surface area contributed by atoms with E-state index in [1.165, 1.54) is 0 Å². The van der Waals surface area contributed by atoms with Crippen molar-refractivity contribution >= 4 is 22.8 Å². The van der Waals surface area contributed by atoms with Gasteiger partial charge < -0.3 is 9.64 Å². The molecule has 33 heavy (non-hydrogen) atoms. The Hall–Kier alpha value is -3.69. The lowest BCUT2D eigenvalue weighted by atomic mass is 10.1. The molecule has 0 aromatic carbocycles. The molecule has 0 saturated carbocycles. The number of rotatable bonds is 2. The van der Waals surface area contributed by atoms with E-state index in [-0.39, 0.29) is 17.8 Å². The minimum Gasteiger partial charge on any atom is -0.444 e. The van der Waals surface area contributed by atoms with E-state index in [9.17, 15) is 9.59 Å². The summed E-state index contributed by atoms with van der Waals surface area (Å²) in [5.74, 6) is 0.503. The second-order valence-corrected chi connectivity index (χ2v) is 9.43. The number of piperidine rings is 1. The highest BCUT2D eigenvalue weighted by Crippen LogP contribution is 2.27. The molecule has 4 aromatic heterocycles. The van der Waals surface area contributed by atoms with Gasteiger partial charge in [-0.1, -0.05) is 6.07 Å². The fraction of sp³-hybridized carbons (Fsp3) is 0.435. The Labute approximate surface area is 190 Å². The van der Waals surface area contributed by atoms with Crippen molar-refractivity contribution < 1.29 is 9.53 Å². The van der Waals surface area contributed by atoms with E-state index in [0.29, 0.717) is 30.1 Å². The van der Waals surface area contributed by atoms with Crippen molar-refractivity contribution in [3.63, 3.8) is 0 Å². The quantitative estimate of drug-likeness (QED) is 0.466. The smallest absolute Gasteiger partial charge is 0.410 e. The van der Waals surface area contributed by atoms with Crippen LogP contribution in [0.5, 0.6) is 0 Å². The van der Waals surface area contributed by atoms with Gasteiger partial charge in [-0.2, -0.15) is 5.10 Å². The lowest BCUT2D eigenvalue weighted by Crippen LogP contribution is -2.45. The average Bonchev–Trinajstić information content (AvgIpc) is 3.32. The Morgan fingerprint density at radius 1 is 1.18 bits per heavy atom. The van der Waals surface area contributed by atoms with Crippen molar-refractivity contribution in [1.29, 1.82) is 0 Å².